The van der Waals surface area contributed by atoms with Crippen LogP contribution in [0.1, 0.15) is 27.2 Å². The largest absolute Gasteiger partial charge is 0.464 e. The predicted molar refractivity (Wildman–Crippen MR) is 61.8 cm³/mol. The van der Waals surface area contributed by atoms with Crippen molar-refractivity contribution in [2.45, 2.75) is 44.1 Å². The van der Waals surface area contributed by atoms with Gasteiger partial charge in [0.05, 0.1) is 6.61 Å². The molecule has 0 aromatic carbocycles. The van der Waals surface area contributed by atoms with Crippen molar-refractivity contribution in [1.82, 2.24) is 0 Å². The molecule has 0 amide bonds. The Hall–Kier alpha value is -0.480. The predicted octanol–water partition coefficient (Wildman–Crippen LogP) is 2.11. The Bertz CT molecular complexity index is 241. The maximum atomic E-state index is 11.1. The number of carbonyl (C=O) groups is 2. The summed E-state index contributed by atoms with van der Waals surface area (Å²) in [7, 11) is 0. The quantitative estimate of drug-likeness (QED) is 0.548. The van der Waals surface area contributed by atoms with Crippen LogP contribution >= 0.6 is 23.2 Å². The Morgan fingerprint density at radius 1 is 1.06 bits per heavy atom. The van der Waals surface area contributed by atoms with E-state index in [0.717, 1.165) is 0 Å². The Kier molecular flexibility index (Phi) is 7.51. The number of halogens is 2. The van der Waals surface area contributed by atoms with Gasteiger partial charge in [-0.25, -0.2) is 0 Å². The lowest BCUT2D eigenvalue weighted by Crippen LogP contribution is -2.23. The van der Waals surface area contributed by atoms with Gasteiger partial charge >= 0.3 is 11.9 Å². The van der Waals surface area contributed by atoms with Gasteiger partial charge in [0.25, 0.3) is 0 Å². The lowest BCUT2D eigenvalue weighted by Gasteiger charge is -2.14. The van der Waals surface area contributed by atoms with Crippen LogP contribution < -0.4 is 0 Å². The lowest BCUT2D eigenvalue weighted by atomic mass is 10.3. The molecule has 16 heavy (non-hydrogen) atoms. The van der Waals surface area contributed by atoms with Crippen LogP contribution in [-0.2, 0) is 19.1 Å². The van der Waals surface area contributed by atoms with E-state index in [2.05, 4.69) is 0 Å². The Morgan fingerprint density at radius 2 is 1.56 bits per heavy atom. The normalized spacial score (nSPS) is 16.1. The first-order valence-corrected chi connectivity index (χ1v) is 5.87. The van der Waals surface area contributed by atoms with Crippen LogP contribution in [0.2, 0.25) is 0 Å². The van der Waals surface area contributed by atoms with Gasteiger partial charge in [-0.05, 0) is 20.8 Å². The molecule has 0 aromatic heterocycles. The molecule has 0 aliphatic rings. The second-order valence-electron chi connectivity index (χ2n) is 3.44. The number of esters is 2. The summed E-state index contributed by atoms with van der Waals surface area (Å²) < 4.78 is 9.78. The van der Waals surface area contributed by atoms with Crippen LogP contribution in [0.15, 0.2) is 0 Å². The highest BCUT2D eigenvalue weighted by Crippen LogP contribution is 2.05. The summed E-state index contributed by atoms with van der Waals surface area (Å²) in [6.07, 6.45) is 0.0807. The van der Waals surface area contributed by atoms with E-state index >= 15 is 0 Å². The van der Waals surface area contributed by atoms with Crippen molar-refractivity contribution in [2.24, 2.45) is 0 Å². The molecule has 3 atom stereocenters. The second kappa shape index (κ2) is 7.74. The van der Waals surface area contributed by atoms with E-state index in [9.17, 15) is 9.59 Å². The molecule has 6 heteroatoms. The number of hydrogen-bond donors (Lipinski definition) is 0. The molecule has 0 aliphatic carbocycles. The molecule has 0 N–H and O–H groups in total. The summed E-state index contributed by atoms with van der Waals surface area (Å²) in [5.74, 6) is -0.961. The van der Waals surface area contributed by atoms with Crippen molar-refractivity contribution in [3.05, 3.63) is 0 Å². The third-order valence-electron chi connectivity index (χ3n) is 1.74. The molecule has 0 heterocycles. The Morgan fingerprint density at radius 3 is 2.00 bits per heavy atom. The van der Waals surface area contributed by atoms with Gasteiger partial charge in [0, 0.05) is 6.42 Å². The molecule has 94 valence electrons. The van der Waals surface area contributed by atoms with Crippen LogP contribution in [0.25, 0.3) is 0 Å². The van der Waals surface area contributed by atoms with Crippen molar-refractivity contribution >= 4 is 35.1 Å². The monoisotopic (exact) mass is 270 g/mol. The molecule has 0 saturated heterocycles. The van der Waals surface area contributed by atoms with Gasteiger partial charge in [0.15, 0.2) is 0 Å². The first-order valence-electron chi connectivity index (χ1n) is 4.99. The van der Waals surface area contributed by atoms with Gasteiger partial charge in [-0.1, -0.05) is 0 Å². The highest BCUT2D eigenvalue weighted by Gasteiger charge is 2.16. The van der Waals surface area contributed by atoms with Crippen LogP contribution in [0.3, 0.4) is 0 Å². The fourth-order valence-electron chi connectivity index (χ4n) is 0.791. The van der Waals surface area contributed by atoms with Gasteiger partial charge in [-0.3, -0.25) is 9.59 Å². The molecule has 0 bridgehead atoms. The molecule has 0 rings (SSSR count). The summed E-state index contributed by atoms with van der Waals surface area (Å²) in [6, 6.07) is 0. The molecule has 0 saturated carbocycles. The van der Waals surface area contributed by atoms with Crippen LogP contribution in [0, 0.1) is 0 Å². The van der Waals surface area contributed by atoms with Crippen molar-refractivity contribution in [3.63, 3.8) is 0 Å². The van der Waals surface area contributed by atoms with Gasteiger partial charge in [-0.2, -0.15) is 0 Å². The van der Waals surface area contributed by atoms with E-state index in [1.54, 1.807) is 6.92 Å². The van der Waals surface area contributed by atoms with Crippen LogP contribution in [-0.4, -0.2) is 35.4 Å². The fourth-order valence-corrected chi connectivity index (χ4v) is 0.906. The summed E-state index contributed by atoms with van der Waals surface area (Å²) in [4.78, 5) is 22.0. The average molecular weight is 271 g/mol. The maximum Gasteiger partial charge on any atom is 0.324 e. The smallest absolute Gasteiger partial charge is 0.324 e. The third kappa shape index (κ3) is 6.90. The summed E-state index contributed by atoms with van der Waals surface area (Å²) in [5, 5.41) is -1.34. The molecule has 0 fully saturated rings. The van der Waals surface area contributed by atoms with Crippen molar-refractivity contribution in [3.8, 4) is 0 Å². The summed E-state index contributed by atoms with van der Waals surface area (Å²) >= 11 is 11.0. The van der Waals surface area contributed by atoms with Crippen LogP contribution in [0.5, 0.6) is 0 Å². The highest BCUT2D eigenvalue weighted by atomic mass is 35.5. The molecule has 0 aromatic rings. The Balaban J connectivity index is 3.70. The Labute approximate surface area is 105 Å². The number of hydrogen-bond acceptors (Lipinski definition) is 4. The van der Waals surface area contributed by atoms with Crippen molar-refractivity contribution < 1.29 is 19.1 Å². The molecular weight excluding hydrogens is 255 g/mol. The average Bonchev–Trinajstić information content (AvgIpc) is 2.16. The SMILES string of the molecule is CC(CCOC(=O)C(C)Cl)OC(=O)C(C)Cl. The van der Waals surface area contributed by atoms with E-state index in [1.165, 1.54) is 13.8 Å². The van der Waals surface area contributed by atoms with Gasteiger partial charge < -0.3 is 9.47 Å². The molecule has 0 radical (unpaired) electrons. The van der Waals surface area contributed by atoms with Gasteiger partial charge in [0.2, 0.25) is 0 Å². The number of alkyl halides is 2. The molecule has 0 aliphatic heterocycles. The zero-order valence-electron chi connectivity index (χ0n) is 9.54. The topological polar surface area (TPSA) is 52.6 Å². The first-order chi connectivity index (χ1) is 7.34. The van der Waals surface area contributed by atoms with E-state index in [4.69, 9.17) is 32.7 Å². The van der Waals surface area contributed by atoms with Crippen molar-refractivity contribution in [1.29, 1.82) is 0 Å². The molecular formula is C10H16Cl2O4. The van der Waals surface area contributed by atoms with E-state index in [1.807, 2.05) is 0 Å². The van der Waals surface area contributed by atoms with Crippen LogP contribution in [0.4, 0.5) is 0 Å². The molecule has 4 nitrogen and oxygen atoms in total. The van der Waals surface area contributed by atoms with E-state index in [0.29, 0.717) is 6.42 Å². The molecule has 3 unspecified atom stereocenters. The number of carbonyl (C=O) groups excluding carboxylic acids is 2. The summed E-state index contributed by atoms with van der Waals surface area (Å²) in [5.41, 5.74) is 0. The molecule has 0 spiro atoms. The number of rotatable bonds is 6. The summed E-state index contributed by atoms with van der Waals surface area (Å²) in [6.45, 7) is 4.93. The van der Waals surface area contributed by atoms with Gasteiger partial charge in [-0.15, -0.1) is 23.2 Å². The second-order valence-corrected chi connectivity index (χ2v) is 4.74. The first kappa shape index (κ1) is 15.5. The third-order valence-corrected chi connectivity index (χ3v) is 2.09. The number of ether oxygens (including phenoxy) is 2. The lowest BCUT2D eigenvalue weighted by molar-refractivity contribution is -0.149. The van der Waals surface area contributed by atoms with E-state index in [-0.39, 0.29) is 12.7 Å². The highest BCUT2D eigenvalue weighted by molar-refractivity contribution is 6.29. The fraction of sp³-hybridized carbons (Fsp3) is 0.800. The van der Waals surface area contributed by atoms with E-state index < -0.39 is 22.7 Å². The maximum absolute atomic E-state index is 11.1. The zero-order chi connectivity index (χ0) is 12.7. The minimum atomic E-state index is -0.673. The standard InChI is InChI=1S/C10H16Cl2O4/c1-6(16-10(14)8(3)12)4-5-15-9(13)7(2)11/h6-8H,4-5H2,1-3H3. The minimum Gasteiger partial charge on any atom is -0.464 e. The van der Waals surface area contributed by atoms with Gasteiger partial charge in [0.1, 0.15) is 16.9 Å². The van der Waals surface area contributed by atoms with Crippen molar-refractivity contribution in [2.75, 3.05) is 6.61 Å². The minimum absolute atomic E-state index is 0.168. The zero-order valence-corrected chi connectivity index (χ0v) is 11.0.